The van der Waals surface area contributed by atoms with Crippen LogP contribution in [-0.4, -0.2) is 5.91 Å². The molecule has 0 saturated carbocycles. The number of nitrogens with one attached hydrogen (secondary N) is 1. The first-order valence-corrected chi connectivity index (χ1v) is 8.27. The predicted molar refractivity (Wildman–Crippen MR) is 98.6 cm³/mol. The van der Waals surface area contributed by atoms with E-state index in [1.807, 2.05) is 0 Å². The first-order valence-electron chi connectivity index (χ1n) is 6.76. The normalized spacial score (nSPS) is 10.7. The SMILES string of the molecule is O=C(Nc1cc(Cl)cc(Cl)c1)c1ccc(-c2cccc(Cl)c2Cl)o1. The van der Waals surface area contributed by atoms with Gasteiger partial charge in [-0.2, -0.15) is 0 Å². The molecule has 0 fully saturated rings. The minimum atomic E-state index is -0.433. The summed E-state index contributed by atoms with van der Waals surface area (Å²) < 4.78 is 5.58. The van der Waals surface area contributed by atoms with Crippen LogP contribution >= 0.6 is 46.4 Å². The van der Waals surface area contributed by atoms with E-state index in [1.165, 1.54) is 0 Å². The summed E-state index contributed by atoms with van der Waals surface area (Å²) in [7, 11) is 0. The Morgan fingerprint density at radius 1 is 0.917 bits per heavy atom. The summed E-state index contributed by atoms with van der Waals surface area (Å²) in [5, 5.41) is 4.28. The van der Waals surface area contributed by atoms with Gasteiger partial charge < -0.3 is 9.73 Å². The third kappa shape index (κ3) is 3.70. The molecule has 1 aromatic heterocycles. The molecule has 0 aliphatic heterocycles. The minimum Gasteiger partial charge on any atom is -0.451 e. The van der Waals surface area contributed by atoms with Gasteiger partial charge in [-0.1, -0.05) is 52.5 Å². The van der Waals surface area contributed by atoms with E-state index in [4.69, 9.17) is 50.8 Å². The second kappa shape index (κ2) is 7.08. The van der Waals surface area contributed by atoms with E-state index in [9.17, 15) is 4.79 Å². The molecule has 1 heterocycles. The molecular weight excluding hydrogens is 392 g/mol. The van der Waals surface area contributed by atoms with Crippen molar-refractivity contribution >= 4 is 58.0 Å². The van der Waals surface area contributed by atoms with Crippen molar-refractivity contribution in [3.63, 3.8) is 0 Å². The number of benzene rings is 2. The van der Waals surface area contributed by atoms with Gasteiger partial charge in [0.15, 0.2) is 5.76 Å². The maximum Gasteiger partial charge on any atom is 0.291 e. The molecule has 0 bridgehead atoms. The molecule has 0 aliphatic rings. The van der Waals surface area contributed by atoms with Crippen molar-refractivity contribution in [1.29, 1.82) is 0 Å². The lowest BCUT2D eigenvalue weighted by atomic mass is 10.2. The van der Waals surface area contributed by atoms with E-state index < -0.39 is 5.91 Å². The fraction of sp³-hybridized carbons (Fsp3) is 0. The third-order valence-corrected chi connectivity index (χ3v) is 4.42. The van der Waals surface area contributed by atoms with Gasteiger partial charge in [0, 0.05) is 21.3 Å². The lowest BCUT2D eigenvalue weighted by Gasteiger charge is -2.05. The Morgan fingerprint density at radius 3 is 2.33 bits per heavy atom. The molecule has 0 unspecified atom stereocenters. The summed E-state index contributed by atoms with van der Waals surface area (Å²) in [5.41, 5.74) is 1.07. The molecular formula is C17H9Cl4NO2. The van der Waals surface area contributed by atoms with Crippen LogP contribution in [-0.2, 0) is 0 Å². The number of hydrogen-bond acceptors (Lipinski definition) is 2. The standard InChI is InChI=1S/C17H9Cl4NO2/c18-9-6-10(19)8-11(7-9)22-17(23)15-5-4-14(24-15)12-2-1-3-13(20)16(12)21/h1-8H,(H,22,23). The Kier molecular flexibility index (Phi) is 5.07. The zero-order chi connectivity index (χ0) is 17.3. The summed E-state index contributed by atoms with van der Waals surface area (Å²) >= 11 is 24.0. The molecule has 3 aromatic rings. The number of rotatable bonds is 3. The Bertz CT molecular complexity index is 900. The number of anilines is 1. The Balaban J connectivity index is 1.85. The second-order valence-electron chi connectivity index (χ2n) is 4.88. The number of hydrogen-bond donors (Lipinski definition) is 1. The highest BCUT2D eigenvalue weighted by Gasteiger charge is 2.15. The topological polar surface area (TPSA) is 42.2 Å². The van der Waals surface area contributed by atoms with E-state index in [-0.39, 0.29) is 5.76 Å². The van der Waals surface area contributed by atoms with Gasteiger partial charge in [-0.25, -0.2) is 0 Å². The van der Waals surface area contributed by atoms with E-state index in [0.29, 0.717) is 37.1 Å². The molecule has 0 radical (unpaired) electrons. The van der Waals surface area contributed by atoms with Gasteiger partial charge in [0.1, 0.15) is 5.76 Å². The van der Waals surface area contributed by atoms with Crippen molar-refractivity contribution in [3.8, 4) is 11.3 Å². The van der Waals surface area contributed by atoms with Gasteiger partial charge in [-0.15, -0.1) is 0 Å². The summed E-state index contributed by atoms with van der Waals surface area (Å²) in [4.78, 5) is 12.3. The summed E-state index contributed by atoms with van der Waals surface area (Å²) in [5.74, 6) is 0.131. The molecule has 3 nitrogen and oxygen atoms in total. The van der Waals surface area contributed by atoms with Gasteiger partial charge in [0.2, 0.25) is 0 Å². The number of carbonyl (C=O) groups excluding carboxylic acids is 1. The molecule has 7 heteroatoms. The van der Waals surface area contributed by atoms with Crippen molar-refractivity contribution in [2.24, 2.45) is 0 Å². The highest BCUT2D eigenvalue weighted by Crippen LogP contribution is 2.34. The fourth-order valence-electron chi connectivity index (χ4n) is 2.12. The molecule has 122 valence electrons. The predicted octanol–water partition coefficient (Wildman–Crippen LogP) is 6.81. The van der Waals surface area contributed by atoms with Crippen LogP contribution in [0.3, 0.4) is 0 Å². The highest BCUT2D eigenvalue weighted by molar-refractivity contribution is 6.43. The summed E-state index contributed by atoms with van der Waals surface area (Å²) in [6, 6.07) is 13.1. The van der Waals surface area contributed by atoms with Crippen LogP contribution in [0, 0.1) is 0 Å². The minimum absolute atomic E-state index is 0.122. The van der Waals surface area contributed by atoms with Crippen molar-refractivity contribution in [3.05, 3.63) is 74.4 Å². The Labute approximate surface area is 158 Å². The average Bonchev–Trinajstić information content (AvgIpc) is 2.98. The van der Waals surface area contributed by atoms with Crippen molar-refractivity contribution in [1.82, 2.24) is 0 Å². The van der Waals surface area contributed by atoms with Crippen LogP contribution in [0.25, 0.3) is 11.3 Å². The molecule has 0 aliphatic carbocycles. The number of carbonyl (C=O) groups is 1. The van der Waals surface area contributed by atoms with E-state index in [2.05, 4.69) is 5.32 Å². The third-order valence-electron chi connectivity index (χ3n) is 3.17. The lowest BCUT2D eigenvalue weighted by molar-refractivity contribution is 0.0997. The lowest BCUT2D eigenvalue weighted by Crippen LogP contribution is -2.10. The van der Waals surface area contributed by atoms with Crippen molar-refractivity contribution < 1.29 is 9.21 Å². The van der Waals surface area contributed by atoms with Gasteiger partial charge in [-0.05, 0) is 42.5 Å². The van der Waals surface area contributed by atoms with Crippen LogP contribution in [0.4, 0.5) is 5.69 Å². The molecule has 3 rings (SSSR count). The first kappa shape index (κ1) is 17.2. The van der Waals surface area contributed by atoms with E-state index >= 15 is 0 Å². The molecule has 0 atom stereocenters. The number of furan rings is 1. The quantitative estimate of drug-likeness (QED) is 0.524. The largest absolute Gasteiger partial charge is 0.451 e. The average molecular weight is 401 g/mol. The molecule has 1 N–H and O–H groups in total. The molecule has 1 amide bonds. The van der Waals surface area contributed by atoms with Gasteiger partial charge in [0.25, 0.3) is 5.91 Å². The second-order valence-corrected chi connectivity index (χ2v) is 6.54. The summed E-state index contributed by atoms with van der Waals surface area (Å²) in [6.07, 6.45) is 0. The van der Waals surface area contributed by atoms with E-state index in [1.54, 1.807) is 48.5 Å². The fourth-order valence-corrected chi connectivity index (χ4v) is 3.04. The number of halogens is 4. The van der Waals surface area contributed by atoms with Crippen molar-refractivity contribution in [2.75, 3.05) is 5.32 Å². The van der Waals surface area contributed by atoms with Crippen LogP contribution < -0.4 is 5.32 Å². The van der Waals surface area contributed by atoms with E-state index in [0.717, 1.165) is 0 Å². The number of amides is 1. The van der Waals surface area contributed by atoms with Gasteiger partial charge in [0.05, 0.1) is 10.0 Å². The highest BCUT2D eigenvalue weighted by atomic mass is 35.5. The maximum absolute atomic E-state index is 12.3. The molecule has 0 spiro atoms. The monoisotopic (exact) mass is 399 g/mol. The molecule has 24 heavy (non-hydrogen) atoms. The zero-order valence-corrected chi connectivity index (χ0v) is 15.0. The Morgan fingerprint density at radius 2 is 1.62 bits per heavy atom. The maximum atomic E-state index is 12.3. The first-order chi connectivity index (χ1) is 11.4. The van der Waals surface area contributed by atoms with Crippen LogP contribution in [0.15, 0.2) is 52.9 Å². The van der Waals surface area contributed by atoms with Gasteiger partial charge >= 0.3 is 0 Å². The Hall–Kier alpha value is -1.65. The summed E-state index contributed by atoms with van der Waals surface area (Å²) in [6.45, 7) is 0. The van der Waals surface area contributed by atoms with Crippen LogP contribution in [0.1, 0.15) is 10.6 Å². The van der Waals surface area contributed by atoms with Crippen LogP contribution in [0.5, 0.6) is 0 Å². The van der Waals surface area contributed by atoms with Crippen LogP contribution in [0.2, 0.25) is 20.1 Å². The van der Waals surface area contributed by atoms with Crippen molar-refractivity contribution in [2.45, 2.75) is 0 Å². The molecule has 0 saturated heterocycles. The smallest absolute Gasteiger partial charge is 0.291 e. The molecule has 2 aromatic carbocycles. The zero-order valence-electron chi connectivity index (χ0n) is 11.9. The van der Waals surface area contributed by atoms with Gasteiger partial charge in [-0.3, -0.25) is 4.79 Å².